The molecule has 7 heteroatoms. The first-order valence-corrected chi connectivity index (χ1v) is 12.9. The van der Waals surface area contributed by atoms with Gasteiger partial charge in [-0.05, 0) is 79.8 Å². The molecule has 1 heterocycles. The number of hydrogen-bond donors (Lipinski definition) is 2. The quantitative estimate of drug-likeness (QED) is 0.648. The van der Waals surface area contributed by atoms with Crippen LogP contribution in [0.3, 0.4) is 0 Å². The van der Waals surface area contributed by atoms with Gasteiger partial charge in [0.1, 0.15) is 0 Å². The minimum Gasteiger partial charge on any atom is -0.331 e. The number of anilines is 1. The zero-order valence-corrected chi connectivity index (χ0v) is 20.2. The predicted octanol–water partition coefficient (Wildman–Crippen LogP) is 4.70. The minimum absolute atomic E-state index is 0.0448. The standard InChI is InChI=1S/C26H31N3O3S/c1-18-13-24(33(31,32)17-20-9-10-22-15-29(3)16-23(22)14-20)11-12-25(18)28-26(30)27-19(2)21-7-5-4-6-8-21/h5,7-14,19H,4,6,15-17H2,1-3H3,(H2,27,28,30). The van der Waals surface area contributed by atoms with Crippen molar-refractivity contribution in [3.63, 3.8) is 0 Å². The highest BCUT2D eigenvalue weighted by Gasteiger charge is 2.20. The second-order valence-electron chi connectivity index (χ2n) is 9.02. The smallest absolute Gasteiger partial charge is 0.319 e. The van der Waals surface area contributed by atoms with E-state index in [1.165, 1.54) is 11.1 Å². The largest absolute Gasteiger partial charge is 0.331 e. The van der Waals surface area contributed by atoms with Gasteiger partial charge in [0.05, 0.1) is 16.7 Å². The van der Waals surface area contributed by atoms with Gasteiger partial charge in [0.2, 0.25) is 0 Å². The van der Waals surface area contributed by atoms with Crippen LogP contribution >= 0.6 is 0 Å². The number of benzene rings is 2. The summed E-state index contributed by atoms with van der Waals surface area (Å²) in [5.74, 6) is -0.0448. The highest BCUT2D eigenvalue weighted by molar-refractivity contribution is 7.90. The maximum absolute atomic E-state index is 13.0. The summed E-state index contributed by atoms with van der Waals surface area (Å²) in [6.45, 7) is 5.49. The molecule has 2 aromatic rings. The van der Waals surface area contributed by atoms with Crippen LogP contribution in [0.25, 0.3) is 0 Å². The van der Waals surface area contributed by atoms with Crippen molar-refractivity contribution >= 4 is 21.6 Å². The Kier molecular flexibility index (Phi) is 6.72. The maximum atomic E-state index is 13.0. The number of fused-ring (bicyclic) bond motifs is 1. The number of nitrogens with one attached hydrogen (secondary N) is 2. The lowest BCUT2D eigenvalue weighted by atomic mass is 10.0. The fourth-order valence-corrected chi connectivity index (χ4v) is 5.79. The Balaban J connectivity index is 1.42. The Labute approximate surface area is 196 Å². The molecule has 2 N–H and O–H groups in total. The van der Waals surface area contributed by atoms with Crippen molar-refractivity contribution in [2.45, 2.75) is 56.5 Å². The molecular formula is C26H31N3O3S. The zero-order valence-electron chi connectivity index (χ0n) is 19.4. The molecule has 33 heavy (non-hydrogen) atoms. The highest BCUT2D eigenvalue weighted by Crippen LogP contribution is 2.26. The molecule has 0 bridgehead atoms. The molecule has 0 aromatic heterocycles. The zero-order chi connectivity index (χ0) is 23.6. The third-order valence-corrected chi connectivity index (χ3v) is 7.87. The van der Waals surface area contributed by atoms with E-state index in [9.17, 15) is 13.2 Å². The lowest BCUT2D eigenvalue weighted by Crippen LogP contribution is -2.37. The number of carbonyl (C=O) groups excluding carboxylic acids is 1. The normalized spacial score (nSPS) is 16.8. The monoisotopic (exact) mass is 465 g/mol. The van der Waals surface area contributed by atoms with Crippen molar-refractivity contribution < 1.29 is 13.2 Å². The molecule has 2 aliphatic rings. The van der Waals surface area contributed by atoms with Crippen LogP contribution in [-0.4, -0.2) is 32.4 Å². The maximum Gasteiger partial charge on any atom is 0.319 e. The Morgan fingerprint density at radius 2 is 1.88 bits per heavy atom. The number of urea groups is 1. The van der Waals surface area contributed by atoms with Crippen molar-refractivity contribution in [1.29, 1.82) is 0 Å². The summed E-state index contributed by atoms with van der Waals surface area (Å²) in [5, 5.41) is 5.78. The Hall–Kier alpha value is -2.90. The fourth-order valence-electron chi connectivity index (χ4n) is 4.37. The van der Waals surface area contributed by atoms with Crippen LogP contribution < -0.4 is 10.6 Å². The number of aryl methyl sites for hydroxylation is 1. The van der Waals surface area contributed by atoms with Crippen molar-refractivity contribution in [2.24, 2.45) is 0 Å². The molecule has 1 unspecified atom stereocenters. The molecule has 1 atom stereocenters. The second kappa shape index (κ2) is 9.53. The highest BCUT2D eigenvalue weighted by atomic mass is 32.2. The number of nitrogens with zero attached hydrogens (tertiary/aromatic N) is 1. The van der Waals surface area contributed by atoms with Gasteiger partial charge >= 0.3 is 6.03 Å². The lowest BCUT2D eigenvalue weighted by Gasteiger charge is -2.18. The molecule has 0 saturated heterocycles. The molecule has 2 amide bonds. The third kappa shape index (κ3) is 5.54. The first-order valence-electron chi connectivity index (χ1n) is 11.3. The molecule has 0 radical (unpaired) electrons. The van der Waals surface area contributed by atoms with Crippen LogP contribution in [0, 0.1) is 6.92 Å². The van der Waals surface area contributed by atoms with Crippen LogP contribution in [0.15, 0.2) is 65.1 Å². The van der Waals surface area contributed by atoms with Gasteiger partial charge in [-0.15, -0.1) is 0 Å². The molecule has 0 saturated carbocycles. The average Bonchev–Trinajstić information content (AvgIpc) is 3.14. The predicted molar refractivity (Wildman–Crippen MR) is 132 cm³/mol. The van der Waals surface area contributed by atoms with E-state index in [-0.39, 0.29) is 22.7 Å². The summed E-state index contributed by atoms with van der Waals surface area (Å²) >= 11 is 0. The van der Waals surface area contributed by atoms with Crippen LogP contribution in [0.1, 0.15) is 42.0 Å². The van der Waals surface area contributed by atoms with Crippen molar-refractivity contribution in [3.05, 3.63) is 82.5 Å². The summed E-state index contributed by atoms with van der Waals surface area (Å²) in [6.07, 6.45) is 8.29. The number of rotatable bonds is 6. The SMILES string of the molecule is Cc1cc(S(=O)(=O)Cc2ccc3c(c2)CN(C)C3)ccc1NC(=O)NC(C)C1=CCCC=C1. The van der Waals surface area contributed by atoms with E-state index in [0.29, 0.717) is 11.3 Å². The number of allylic oxidation sites excluding steroid dienone is 2. The number of amides is 2. The fraction of sp³-hybridized carbons (Fsp3) is 0.346. The molecule has 174 valence electrons. The lowest BCUT2D eigenvalue weighted by molar-refractivity contribution is 0.250. The molecule has 4 rings (SSSR count). The molecule has 0 spiro atoms. The minimum atomic E-state index is -3.50. The van der Waals surface area contributed by atoms with Gasteiger partial charge in [-0.1, -0.05) is 36.4 Å². The van der Waals surface area contributed by atoms with Crippen molar-refractivity contribution in [3.8, 4) is 0 Å². The van der Waals surface area contributed by atoms with Gasteiger partial charge in [-0.2, -0.15) is 0 Å². The van der Waals surface area contributed by atoms with Crippen molar-refractivity contribution in [2.75, 3.05) is 12.4 Å². The summed E-state index contributed by atoms with van der Waals surface area (Å²) in [7, 11) is -1.45. The van der Waals surface area contributed by atoms with E-state index in [0.717, 1.165) is 37.1 Å². The average molecular weight is 466 g/mol. The number of sulfone groups is 1. The summed E-state index contributed by atoms with van der Waals surface area (Å²) in [5.41, 5.74) is 5.63. The van der Waals surface area contributed by atoms with E-state index < -0.39 is 9.84 Å². The van der Waals surface area contributed by atoms with Crippen LogP contribution in [-0.2, 0) is 28.7 Å². The number of hydrogen-bond acceptors (Lipinski definition) is 4. The second-order valence-corrected chi connectivity index (χ2v) is 11.0. The Morgan fingerprint density at radius 3 is 2.61 bits per heavy atom. The van der Waals surface area contributed by atoms with Crippen molar-refractivity contribution in [1.82, 2.24) is 10.2 Å². The Morgan fingerprint density at radius 1 is 1.09 bits per heavy atom. The summed E-state index contributed by atoms with van der Waals surface area (Å²) in [6, 6.07) is 10.4. The third-order valence-electron chi connectivity index (χ3n) is 6.18. The molecule has 2 aromatic carbocycles. The van der Waals surface area contributed by atoms with Crippen LogP contribution in [0.2, 0.25) is 0 Å². The van der Waals surface area contributed by atoms with Crippen LogP contribution in [0.4, 0.5) is 10.5 Å². The molecule has 6 nitrogen and oxygen atoms in total. The van der Waals surface area contributed by atoms with Gasteiger partial charge in [0.25, 0.3) is 0 Å². The van der Waals surface area contributed by atoms with E-state index in [4.69, 9.17) is 0 Å². The van der Waals surface area contributed by atoms with Gasteiger partial charge in [-0.3, -0.25) is 4.90 Å². The molecular weight excluding hydrogens is 434 g/mol. The van der Waals surface area contributed by atoms with E-state index in [2.05, 4.69) is 34.7 Å². The summed E-state index contributed by atoms with van der Waals surface area (Å²) < 4.78 is 26.1. The van der Waals surface area contributed by atoms with E-state index in [1.807, 2.05) is 31.2 Å². The molecule has 0 fully saturated rings. The first kappa shape index (κ1) is 23.3. The summed E-state index contributed by atoms with van der Waals surface area (Å²) in [4.78, 5) is 14.9. The van der Waals surface area contributed by atoms with E-state index in [1.54, 1.807) is 25.1 Å². The van der Waals surface area contributed by atoms with Gasteiger partial charge < -0.3 is 10.6 Å². The van der Waals surface area contributed by atoms with Gasteiger partial charge in [0, 0.05) is 18.8 Å². The Bertz CT molecular complexity index is 1230. The molecule has 1 aliphatic heterocycles. The van der Waals surface area contributed by atoms with Crippen LogP contribution in [0.5, 0.6) is 0 Å². The van der Waals surface area contributed by atoms with E-state index >= 15 is 0 Å². The van der Waals surface area contributed by atoms with Gasteiger partial charge in [0.15, 0.2) is 9.84 Å². The topological polar surface area (TPSA) is 78.5 Å². The van der Waals surface area contributed by atoms with Gasteiger partial charge in [-0.25, -0.2) is 13.2 Å². The first-order chi connectivity index (χ1) is 15.7. The number of carbonyl (C=O) groups is 1. The molecule has 1 aliphatic carbocycles.